The summed E-state index contributed by atoms with van der Waals surface area (Å²) in [4.78, 5) is 12.1. The first kappa shape index (κ1) is 12.1. The molecule has 3 rings (SSSR count). The van der Waals surface area contributed by atoms with Crippen molar-refractivity contribution in [2.75, 3.05) is 6.54 Å². The summed E-state index contributed by atoms with van der Waals surface area (Å²) in [5.41, 5.74) is -0.0818. The molecule has 2 aliphatic rings. The van der Waals surface area contributed by atoms with Gasteiger partial charge in [-0.3, -0.25) is 4.79 Å². The van der Waals surface area contributed by atoms with Crippen molar-refractivity contribution in [3.8, 4) is 0 Å². The lowest BCUT2D eigenvalue weighted by Crippen LogP contribution is -2.48. The molecule has 0 radical (unpaired) electrons. The van der Waals surface area contributed by atoms with Crippen LogP contribution in [0.3, 0.4) is 0 Å². The number of rotatable bonds is 4. The highest BCUT2D eigenvalue weighted by molar-refractivity contribution is 6.31. The Bertz CT molecular complexity index is 475. The van der Waals surface area contributed by atoms with E-state index in [-0.39, 0.29) is 5.91 Å². The van der Waals surface area contributed by atoms with Crippen LogP contribution in [0.2, 0.25) is 5.02 Å². The SMILES string of the molecule is O=C(NCC1(O)CCC1)c1cc(Cl)cn1C1CC1. The average molecular weight is 269 g/mol. The van der Waals surface area contributed by atoms with Crippen LogP contribution < -0.4 is 5.32 Å². The Morgan fingerprint density at radius 2 is 2.28 bits per heavy atom. The molecular weight excluding hydrogens is 252 g/mol. The molecule has 2 aliphatic carbocycles. The molecule has 0 spiro atoms. The molecule has 0 aliphatic heterocycles. The van der Waals surface area contributed by atoms with E-state index in [1.165, 1.54) is 0 Å². The number of aliphatic hydroxyl groups is 1. The number of halogens is 1. The smallest absolute Gasteiger partial charge is 0.268 e. The van der Waals surface area contributed by atoms with Gasteiger partial charge < -0.3 is 15.0 Å². The van der Waals surface area contributed by atoms with Gasteiger partial charge in [-0.25, -0.2) is 0 Å². The van der Waals surface area contributed by atoms with E-state index < -0.39 is 5.60 Å². The molecule has 1 heterocycles. The van der Waals surface area contributed by atoms with E-state index in [1.54, 1.807) is 6.07 Å². The highest BCUT2D eigenvalue weighted by Gasteiger charge is 2.35. The summed E-state index contributed by atoms with van der Waals surface area (Å²) in [6.45, 7) is 0.333. The van der Waals surface area contributed by atoms with E-state index in [4.69, 9.17) is 11.6 Å². The van der Waals surface area contributed by atoms with Crippen molar-refractivity contribution in [3.05, 3.63) is 23.0 Å². The maximum Gasteiger partial charge on any atom is 0.268 e. The van der Waals surface area contributed by atoms with E-state index in [1.807, 2.05) is 10.8 Å². The normalized spacial score (nSPS) is 21.4. The number of hydrogen-bond donors (Lipinski definition) is 2. The van der Waals surface area contributed by atoms with Crippen molar-refractivity contribution in [2.45, 2.75) is 43.7 Å². The maximum atomic E-state index is 12.1. The first-order valence-corrected chi connectivity index (χ1v) is 6.83. The van der Waals surface area contributed by atoms with Gasteiger partial charge in [0.2, 0.25) is 0 Å². The van der Waals surface area contributed by atoms with E-state index in [0.717, 1.165) is 32.1 Å². The van der Waals surface area contributed by atoms with Crippen LogP contribution in [0.15, 0.2) is 12.3 Å². The second kappa shape index (κ2) is 4.28. The summed E-state index contributed by atoms with van der Waals surface area (Å²) in [6.07, 6.45) is 6.61. The summed E-state index contributed by atoms with van der Waals surface area (Å²) >= 11 is 5.96. The molecule has 0 unspecified atom stereocenters. The number of amides is 1. The van der Waals surface area contributed by atoms with Gasteiger partial charge in [-0.05, 0) is 38.2 Å². The Hall–Kier alpha value is -1.00. The van der Waals surface area contributed by atoms with Crippen LogP contribution in [0.1, 0.15) is 48.6 Å². The third kappa shape index (κ3) is 2.27. The Morgan fingerprint density at radius 3 is 2.83 bits per heavy atom. The largest absolute Gasteiger partial charge is 0.388 e. The monoisotopic (exact) mass is 268 g/mol. The maximum absolute atomic E-state index is 12.1. The molecule has 0 bridgehead atoms. The van der Waals surface area contributed by atoms with Crippen molar-refractivity contribution in [2.24, 2.45) is 0 Å². The molecule has 0 aromatic carbocycles. The number of hydrogen-bond acceptors (Lipinski definition) is 2. The minimum absolute atomic E-state index is 0.144. The minimum atomic E-state index is -0.684. The van der Waals surface area contributed by atoms with Crippen LogP contribution in [0.4, 0.5) is 0 Å². The van der Waals surface area contributed by atoms with Gasteiger partial charge in [-0.2, -0.15) is 0 Å². The van der Waals surface area contributed by atoms with E-state index in [9.17, 15) is 9.90 Å². The van der Waals surface area contributed by atoms with Gasteiger partial charge in [-0.1, -0.05) is 11.6 Å². The first-order chi connectivity index (χ1) is 8.57. The van der Waals surface area contributed by atoms with E-state index >= 15 is 0 Å². The summed E-state index contributed by atoms with van der Waals surface area (Å²) in [5.74, 6) is -0.144. The molecule has 0 saturated heterocycles. The van der Waals surface area contributed by atoms with Crippen molar-refractivity contribution < 1.29 is 9.90 Å². The lowest BCUT2D eigenvalue weighted by atomic mass is 9.80. The molecule has 2 saturated carbocycles. The van der Waals surface area contributed by atoms with Gasteiger partial charge in [0.1, 0.15) is 5.69 Å². The number of nitrogens with one attached hydrogen (secondary N) is 1. The zero-order valence-electron chi connectivity index (χ0n) is 10.2. The quantitative estimate of drug-likeness (QED) is 0.879. The van der Waals surface area contributed by atoms with Crippen LogP contribution in [-0.4, -0.2) is 27.7 Å². The third-order valence-corrected chi connectivity index (χ3v) is 4.06. The first-order valence-electron chi connectivity index (χ1n) is 6.45. The Labute approximate surface area is 111 Å². The third-order valence-electron chi connectivity index (χ3n) is 3.85. The number of aromatic nitrogens is 1. The van der Waals surface area contributed by atoms with Gasteiger partial charge in [0.05, 0.1) is 10.6 Å². The summed E-state index contributed by atoms with van der Waals surface area (Å²) in [7, 11) is 0. The van der Waals surface area contributed by atoms with E-state index in [0.29, 0.717) is 23.3 Å². The Kier molecular flexibility index (Phi) is 2.87. The van der Waals surface area contributed by atoms with Gasteiger partial charge >= 0.3 is 0 Å². The predicted molar refractivity (Wildman–Crippen MR) is 68.8 cm³/mol. The zero-order chi connectivity index (χ0) is 12.8. The molecule has 0 atom stereocenters. The fourth-order valence-electron chi connectivity index (χ4n) is 2.38. The fraction of sp³-hybridized carbons (Fsp3) is 0.615. The van der Waals surface area contributed by atoms with Gasteiger partial charge in [0, 0.05) is 18.8 Å². The molecule has 5 heteroatoms. The molecule has 18 heavy (non-hydrogen) atoms. The molecule has 1 aromatic heterocycles. The summed E-state index contributed by atoms with van der Waals surface area (Å²) in [6, 6.07) is 2.12. The highest BCUT2D eigenvalue weighted by atomic mass is 35.5. The molecule has 2 N–H and O–H groups in total. The second-order valence-corrected chi connectivity index (χ2v) is 5.88. The molecular formula is C13H17ClN2O2. The summed E-state index contributed by atoms with van der Waals surface area (Å²) in [5, 5.41) is 13.4. The standard InChI is InChI=1S/C13H17ClN2O2/c14-9-6-11(16(7-9)10-2-3-10)12(17)15-8-13(18)4-1-5-13/h6-7,10,18H,1-5,8H2,(H,15,17). The van der Waals surface area contributed by atoms with Crippen LogP contribution in [0.5, 0.6) is 0 Å². The van der Waals surface area contributed by atoms with Gasteiger partial charge in [-0.15, -0.1) is 0 Å². The predicted octanol–water partition coefficient (Wildman–Crippen LogP) is 2.12. The number of nitrogens with zero attached hydrogens (tertiary/aromatic N) is 1. The molecule has 4 nitrogen and oxygen atoms in total. The van der Waals surface area contributed by atoms with Crippen molar-refractivity contribution in [1.29, 1.82) is 0 Å². The average Bonchev–Trinajstić information content (AvgIpc) is 3.07. The van der Waals surface area contributed by atoms with Crippen molar-refractivity contribution in [1.82, 2.24) is 9.88 Å². The summed E-state index contributed by atoms with van der Waals surface area (Å²) < 4.78 is 1.95. The zero-order valence-corrected chi connectivity index (χ0v) is 10.9. The van der Waals surface area contributed by atoms with Crippen LogP contribution in [0, 0.1) is 0 Å². The fourth-order valence-corrected chi connectivity index (χ4v) is 2.59. The van der Waals surface area contributed by atoms with Crippen LogP contribution in [0.25, 0.3) is 0 Å². The Morgan fingerprint density at radius 1 is 1.56 bits per heavy atom. The Balaban J connectivity index is 1.67. The molecule has 98 valence electrons. The van der Waals surface area contributed by atoms with Crippen molar-refractivity contribution in [3.63, 3.8) is 0 Å². The molecule has 1 amide bonds. The molecule has 1 aromatic rings. The number of carbonyl (C=O) groups excluding carboxylic acids is 1. The van der Waals surface area contributed by atoms with Crippen molar-refractivity contribution >= 4 is 17.5 Å². The number of carbonyl (C=O) groups is 1. The van der Waals surface area contributed by atoms with Gasteiger partial charge in [0.15, 0.2) is 0 Å². The highest BCUT2D eigenvalue weighted by Crippen LogP contribution is 2.37. The minimum Gasteiger partial charge on any atom is -0.388 e. The van der Waals surface area contributed by atoms with Crippen LogP contribution >= 0.6 is 11.6 Å². The topological polar surface area (TPSA) is 54.3 Å². The van der Waals surface area contributed by atoms with E-state index in [2.05, 4.69) is 5.32 Å². The lowest BCUT2D eigenvalue weighted by Gasteiger charge is -2.36. The van der Waals surface area contributed by atoms with Crippen LogP contribution in [-0.2, 0) is 0 Å². The van der Waals surface area contributed by atoms with Gasteiger partial charge in [0.25, 0.3) is 5.91 Å². The molecule has 2 fully saturated rings. The lowest BCUT2D eigenvalue weighted by molar-refractivity contribution is -0.0301. The second-order valence-electron chi connectivity index (χ2n) is 5.44.